The van der Waals surface area contributed by atoms with Crippen molar-refractivity contribution in [2.45, 2.75) is 32.6 Å². The predicted molar refractivity (Wildman–Crippen MR) is 87.0 cm³/mol. The molecule has 0 aliphatic carbocycles. The summed E-state index contributed by atoms with van der Waals surface area (Å²) in [6.45, 7) is 3.63. The van der Waals surface area contributed by atoms with E-state index < -0.39 is 0 Å². The van der Waals surface area contributed by atoms with Gasteiger partial charge in [-0.25, -0.2) is 0 Å². The standard InChI is InChI=1S/C17H20N4O2/c1-12-5-4-6-13(11-12)16-18-17(23)14(19-20-16)7-8-15(22)21-9-2-3-10-21/h4-6,11H,2-3,7-10H2,1H3,(H,18,20,23). The fourth-order valence-electron chi connectivity index (χ4n) is 2.80. The summed E-state index contributed by atoms with van der Waals surface area (Å²) in [6.07, 6.45) is 2.77. The lowest BCUT2D eigenvalue weighted by Gasteiger charge is -2.14. The highest BCUT2D eigenvalue weighted by Gasteiger charge is 2.18. The van der Waals surface area contributed by atoms with Gasteiger partial charge in [-0.2, -0.15) is 0 Å². The maximum Gasteiger partial charge on any atom is 0.273 e. The average Bonchev–Trinajstić information content (AvgIpc) is 3.08. The third-order valence-corrected chi connectivity index (χ3v) is 4.09. The normalized spacial score (nSPS) is 14.2. The van der Waals surface area contributed by atoms with Gasteiger partial charge >= 0.3 is 0 Å². The summed E-state index contributed by atoms with van der Waals surface area (Å²) in [4.78, 5) is 28.8. The topological polar surface area (TPSA) is 79.0 Å². The summed E-state index contributed by atoms with van der Waals surface area (Å²) in [5, 5.41) is 8.11. The molecule has 3 rings (SSSR count). The van der Waals surface area contributed by atoms with Gasteiger partial charge in [-0.15, -0.1) is 10.2 Å². The number of H-pyrrole nitrogens is 1. The number of likely N-dealkylation sites (tertiary alicyclic amines) is 1. The molecule has 0 saturated carbocycles. The van der Waals surface area contributed by atoms with Gasteiger partial charge in [0.05, 0.1) is 0 Å². The Hall–Kier alpha value is -2.50. The Morgan fingerprint density at radius 3 is 2.74 bits per heavy atom. The molecule has 0 radical (unpaired) electrons. The second-order valence-electron chi connectivity index (χ2n) is 5.91. The number of amides is 1. The highest BCUT2D eigenvalue weighted by Crippen LogP contribution is 2.14. The van der Waals surface area contributed by atoms with Crippen molar-refractivity contribution in [2.24, 2.45) is 0 Å². The molecular weight excluding hydrogens is 292 g/mol. The lowest BCUT2D eigenvalue weighted by molar-refractivity contribution is -0.130. The number of aryl methyl sites for hydroxylation is 2. The number of benzene rings is 1. The van der Waals surface area contributed by atoms with Crippen molar-refractivity contribution < 1.29 is 4.79 Å². The molecule has 1 aliphatic rings. The van der Waals surface area contributed by atoms with Crippen LogP contribution in [0.2, 0.25) is 0 Å². The number of carbonyl (C=O) groups excluding carboxylic acids is 1. The average molecular weight is 312 g/mol. The van der Waals surface area contributed by atoms with Crippen LogP contribution in [0.4, 0.5) is 0 Å². The van der Waals surface area contributed by atoms with Crippen LogP contribution >= 0.6 is 0 Å². The van der Waals surface area contributed by atoms with Gasteiger partial charge in [-0.3, -0.25) is 9.59 Å². The molecule has 0 spiro atoms. The van der Waals surface area contributed by atoms with Crippen molar-refractivity contribution in [3.63, 3.8) is 0 Å². The molecule has 1 aromatic carbocycles. The van der Waals surface area contributed by atoms with Crippen molar-refractivity contribution in [2.75, 3.05) is 13.1 Å². The first kappa shape index (κ1) is 15.4. The van der Waals surface area contributed by atoms with Crippen LogP contribution in [0.1, 0.15) is 30.5 Å². The van der Waals surface area contributed by atoms with Crippen LogP contribution in [-0.4, -0.2) is 39.1 Å². The zero-order chi connectivity index (χ0) is 16.2. The van der Waals surface area contributed by atoms with Crippen molar-refractivity contribution in [1.82, 2.24) is 20.1 Å². The molecular formula is C17H20N4O2. The van der Waals surface area contributed by atoms with E-state index >= 15 is 0 Å². The highest BCUT2D eigenvalue weighted by atomic mass is 16.2. The lowest BCUT2D eigenvalue weighted by atomic mass is 10.1. The van der Waals surface area contributed by atoms with E-state index in [4.69, 9.17) is 0 Å². The van der Waals surface area contributed by atoms with Gasteiger partial charge in [0.15, 0.2) is 5.82 Å². The molecule has 6 nitrogen and oxygen atoms in total. The monoisotopic (exact) mass is 312 g/mol. The van der Waals surface area contributed by atoms with Gasteiger partial charge in [0.25, 0.3) is 5.56 Å². The molecule has 1 saturated heterocycles. The fraction of sp³-hybridized carbons (Fsp3) is 0.412. The van der Waals surface area contributed by atoms with Crippen molar-refractivity contribution in [3.05, 3.63) is 45.9 Å². The molecule has 2 aromatic rings. The van der Waals surface area contributed by atoms with Gasteiger partial charge in [0, 0.05) is 31.5 Å². The summed E-state index contributed by atoms with van der Waals surface area (Å²) >= 11 is 0. The fourth-order valence-corrected chi connectivity index (χ4v) is 2.80. The van der Waals surface area contributed by atoms with Crippen LogP contribution in [-0.2, 0) is 11.2 Å². The molecule has 1 aliphatic heterocycles. The molecule has 6 heteroatoms. The van der Waals surface area contributed by atoms with Gasteiger partial charge in [-0.05, 0) is 25.8 Å². The van der Waals surface area contributed by atoms with Crippen LogP contribution < -0.4 is 5.56 Å². The number of rotatable bonds is 4. The molecule has 0 bridgehead atoms. The van der Waals surface area contributed by atoms with Crippen molar-refractivity contribution >= 4 is 5.91 Å². The zero-order valence-corrected chi connectivity index (χ0v) is 13.2. The van der Waals surface area contributed by atoms with Crippen molar-refractivity contribution in [1.29, 1.82) is 0 Å². The summed E-state index contributed by atoms with van der Waals surface area (Å²) in [5.74, 6) is 0.541. The Kier molecular flexibility index (Phi) is 4.50. The quantitative estimate of drug-likeness (QED) is 0.932. The maximum atomic E-state index is 12.1. The van der Waals surface area contributed by atoms with Crippen molar-refractivity contribution in [3.8, 4) is 11.4 Å². The number of hydrogen-bond acceptors (Lipinski definition) is 4. The summed E-state index contributed by atoms with van der Waals surface area (Å²) in [5.41, 5.74) is 1.96. The van der Waals surface area contributed by atoms with E-state index in [-0.39, 0.29) is 11.5 Å². The first-order chi connectivity index (χ1) is 11.1. The van der Waals surface area contributed by atoms with E-state index in [1.165, 1.54) is 0 Å². The van der Waals surface area contributed by atoms with Gasteiger partial charge in [0.1, 0.15) is 5.69 Å². The molecule has 1 aromatic heterocycles. The van der Waals surface area contributed by atoms with E-state index in [1.807, 2.05) is 36.1 Å². The zero-order valence-electron chi connectivity index (χ0n) is 13.2. The number of aromatic amines is 1. The summed E-state index contributed by atoms with van der Waals surface area (Å²) in [7, 11) is 0. The van der Waals surface area contributed by atoms with Gasteiger partial charge < -0.3 is 9.88 Å². The third kappa shape index (κ3) is 3.64. The number of hydrogen-bond donors (Lipinski definition) is 1. The second kappa shape index (κ2) is 6.73. The summed E-state index contributed by atoms with van der Waals surface area (Å²) < 4.78 is 0. The molecule has 120 valence electrons. The lowest BCUT2D eigenvalue weighted by Crippen LogP contribution is -2.28. The van der Waals surface area contributed by atoms with Crippen LogP contribution in [0.5, 0.6) is 0 Å². The Bertz CT molecular complexity index is 763. The third-order valence-electron chi connectivity index (χ3n) is 4.09. The molecule has 0 unspecified atom stereocenters. The van der Waals surface area contributed by atoms with E-state index in [2.05, 4.69) is 15.2 Å². The molecule has 2 heterocycles. The predicted octanol–water partition coefficient (Wildman–Crippen LogP) is 1.70. The van der Waals surface area contributed by atoms with E-state index in [0.717, 1.165) is 37.1 Å². The molecule has 1 fully saturated rings. The number of aromatic nitrogens is 3. The Labute approximate surface area is 134 Å². The number of nitrogens with one attached hydrogen (secondary N) is 1. The van der Waals surface area contributed by atoms with E-state index in [1.54, 1.807) is 0 Å². The second-order valence-corrected chi connectivity index (χ2v) is 5.91. The largest absolute Gasteiger partial charge is 0.343 e. The summed E-state index contributed by atoms with van der Waals surface area (Å²) in [6, 6.07) is 7.71. The minimum Gasteiger partial charge on any atom is -0.343 e. The number of nitrogens with zero attached hydrogens (tertiary/aromatic N) is 3. The molecule has 23 heavy (non-hydrogen) atoms. The van der Waals surface area contributed by atoms with Crippen LogP contribution in [0.3, 0.4) is 0 Å². The molecule has 0 atom stereocenters. The minimum atomic E-state index is -0.272. The van der Waals surface area contributed by atoms with Crippen LogP contribution in [0.25, 0.3) is 11.4 Å². The Morgan fingerprint density at radius 1 is 1.26 bits per heavy atom. The smallest absolute Gasteiger partial charge is 0.273 e. The Balaban J connectivity index is 1.70. The van der Waals surface area contributed by atoms with Gasteiger partial charge in [-0.1, -0.05) is 23.8 Å². The van der Waals surface area contributed by atoms with E-state index in [9.17, 15) is 9.59 Å². The van der Waals surface area contributed by atoms with Crippen LogP contribution in [0.15, 0.2) is 29.1 Å². The SMILES string of the molecule is Cc1cccc(-c2nnc(CCC(=O)N3CCCC3)c(=O)[nH]2)c1. The first-order valence-corrected chi connectivity index (χ1v) is 7.94. The molecule has 1 amide bonds. The maximum absolute atomic E-state index is 12.1. The molecule has 1 N–H and O–H groups in total. The highest BCUT2D eigenvalue weighted by molar-refractivity contribution is 5.76. The minimum absolute atomic E-state index is 0.0893. The van der Waals surface area contributed by atoms with Crippen LogP contribution in [0, 0.1) is 6.92 Å². The van der Waals surface area contributed by atoms with Gasteiger partial charge in [0.2, 0.25) is 5.91 Å². The first-order valence-electron chi connectivity index (χ1n) is 7.94. The Morgan fingerprint density at radius 2 is 2.04 bits per heavy atom. The van der Waals surface area contributed by atoms with E-state index in [0.29, 0.717) is 24.4 Å². The number of carbonyl (C=O) groups is 1.